The Labute approximate surface area is 155 Å². The normalized spacial score (nSPS) is 17.9. The van der Waals surface area contributed by atoms with E-state index < -0.39 is 17.8 Å². The molecule has 1 saturated heterocycles. The Balaban J connectivity index is 2.02. The van der Waals surface area contributed by atoms with Gasteiger partial charge in [-0.3, -0.25) is 4.90 Å². The van der Waals surface area contributed by atoms with Crippen LogP contribution >= 0.6 is 11.6 Å². The summed E-state index contributed by atoms with van der Waals surface area (Å²) in [6.07, 6.45) is -3.65. The highest BCUT2D eigenvalue weighted by molar-refractivity contribution is 6.30. The van der Waals surface area contributed by atoms with Gasteiger partial charge in [-0.25, -0.2) is 4.79 Å². The van der Waals surface area contributed by atoms with Gasteiger partial charge in [-0.1, -0.05) is 30.7 Å². The average molecular weight is 383 g/mol. The van der Waals surface area contributed by atoms with Gasteiger partial charge in [0.05, 0.1) is 11.6 Å². The summed E-state index contributed by atoms with van der Waals surface area (Å²) in [6.45, 7) is 2.85. The fourth-order valence-corrected chi connectivity index (χ4v) is 3.31. The van der Waals surface area contributed by atoms with Gasteiger partial charge in [0.15, 0.2) is 0 Å². The zero-order valence-corrected chi connectivity index (χ0v) is 14.9. The molecule has 3 nitrogen and oxygen atoms in total. The van der Waals surface area contributed by atoms with Crippen molar-refractivity contribution in [3.63, 3.8) is 0 Å². The van der Waals surface area contributed by atoms with E-state index in [2.05, 4.69) is 0 Å². The third-order valence-corrected chi connectivity index (χ3v) is 4.63. The molecule has 1 aliphatic heterocycles. The Morgan fingerprint density at radius 3 is 2.46 bits per heavy atom. The fraction of sp³-hybridized carbons (Fsp3) is 0.316. The number of urea groups is 1. The van der Waals surface area contributed by atoms with Gasteiger partial charge in [0.2, 0.25) is 0 Å². The molecule has 2 aromatic rings. The van der Waals surface area contributed by atoms with Gasteiger partial charge in [-0.15, -0.1) is 0 Å². The zero-order chi connectivity index (χ0) is 18.9. The Bertz CT molecular complexity index is 792. The summed E-state index contributed by atoms with van der Waals surface area (Å²) >= 11 is 5.92. The van der Waals surface area contributed by atoms with Crippen LogP contribution in [0, 0.1) is 0 Å². The largest absolute Gasteiger partial charge is 0.416 e. The molecule has 0 aromatic heterocycles. The first kappa shape index (κ1) is 18.6. The van der Waals surface area contributed by atoms with Crippen molar-refractivity contribution in [3.05, 3.63) is 64.7 Å². The number of halogens is 4. The monoisotopic (exact) mass is 382 g/mol. The lowest BCUT2D eigenvalue weighted by Crippen LogP contribution is -2.32. The highest BCUT2D eigenvalue weighted by Gasteiger charge is 2.39. The summed E-state index contributed by atoms with van der Waals surface area (Å²) in [7, 11) is 0. The first-order valence-corrected chi connectivity index (χ1v) is 8.70. The fourth-order valence-electron chi connectivity index (χ4n) is 3.18. The van der Waals surface area contributed by atoms with Crippen LogP contribution in [-0.2, 0) is 6.18 Å². The quantitative estimate of drug-likeness (QED) is 0.660. The predicted molar refractivity (Wildman–Crippen MR) is 95.4 cm³/mol. The summed E-state index contributed by atoms with van der Waals surface area (Å²) in [4.78, 5) is 16.1. The minimum absolute atomic E-state index is 0.211. The van der Waals surface area contributed by atoms with Gasteiger partial charge in [-0.05, 0) is 48.4 Å². The number of hydrogen-bond acceptors (Lipinski definition) is 1. The standard InChI is InChI=1S/C19H18ClF3N2O/c1-2-10-24-12-17(13-4-3-5-14(11-13)19(21,22)23)25(18(24)26)16-8-6-15(20)7-9-16/h3-9,11,17H,2,10,12H2,1H3/t17-/m1/s1. The number of amides is 2. The molecule has 1 fully saturated rings. The van der Waals surface area contributed by atoms with E-state index in [1.54, 1.807) is 40.1 Å². The lowest BCUT2D eigenvalue weighted by molar-refractivity contribution is -0.137. The van der Waals surface area contributed by atoms with Gasteiger partial charge < -0.3 is 4.90 Å². The van der Waals surface area contributed by atoms with E-state index in [-0.39, 0.29) is 6.03 Å². The first-order chi connectivity index (χ1) is 12.3. The van der Waals surface area contributed by atoms with Gasteiger partial charge in [0, 0.05) is 23.8 Å². The molecule has 0 unspecified atom stereocenters. The maximum Gasteiger partial charge on any atom is 0.416 e. The van der Waals surface area contributed by atoms with Crippen molar-refractivity contribution >= 4 is 23.3 Å². The molecule has 0 N–H and O–H groups in total. The molecule has 1 atom stereocenters. The van der Waals surface area contributed by atoms with Crippen LogP contribution in [0.3, 0.4) is 0 Å². The van der Waals surface area contributed by atoms with Crippen molar-refractivity contribution in [2.75, 3.05) is 18.0 Å². The number of carbonyl (C=O) groups excluding carboxylic acids is 1. The minimum Gasteiger partial charge on any atom is -0.322 e. The maximum atomic E-state index is 13.1. The second kappa shape index (κ2) is 7.19. The molecule has 7 heteroatoms. The molecule has 2 aromatic carbocycles. The number of hydrogen-bond donors (Lipinski definition) is 0. The molecule has 1 heterocycles. The van der Waals surface area contributed by atoms with Gasteiger partial charge in [-0.2, -0.15) is 13.2 Å². The molecule has 2 amide bonds. The zero-order valence-electron chi connectivity index (χ0n) is 14.1. The smallest absolute Gasteiger partial charge is 0.322 e. The summed E-state index contributed by atoms with van der Waals surface area (Å²) < 4.78 is 39.3. The van der Waals surface area contributed by atoms with E-state index >= 15 is 0 Å². The van der Waals surface area contributed by atoms with Crippen molar-refractivity contribution in [1.29, 1.82) is 0 Å². The maximum absolute atomic E-state index is 13.1. The van der Waals surface area contributed by atoms with Crippen LogP contribution in [-0.4, -0.2) is 24.0 Å². The van der Waals surface area contributed by atoms with E-state index in [1.807, 2.05) is 6.92 Å². The van der Waals surface area contributed by atoms with Crippen LogP contribution in [0.5, 0.6) is 0 Å². The van der Waals surface area contributed by atoms with Crippen molar-refractivity contribution in [1.82, 2.24) is 4.90 Å². The van der Waals surface area contributed by atoms with Crippen LogP contribution in [0.15, 0.2) is 48.5 Å². The minimum atomic E-state index is -4.42. The Morgan fingerprint density at radius 2 is 1.85 bits per heavy atom. The van der Waals surface area contributed by atoms with Crippen LogP contribution in [0.25, 0.3) is 0 Å². The highest BCUT2D eigenvalue weighted by atomic mass is 35.5. The number of benzene rings is 2. The Kier molecular flexibility index (Phi) is 5.14. The van der Waals surface area contributed by atoms with E-state index in [9.17, 15) is 18.0 Å². The van der Waals surface area contributed by atoms with E-state index in [0.717, 1.165) is 18.6 Å². The molecule has 0 bridgehead atoms. The number of anilines is 1. The molecule has 0 saturated carbocycles. The summed E-state index contributed by atoms with van der Waals surface area (Å²) in [5.74, 6) is 0. The molecule has 0 spiro atoms. The van der Waals surface area contributed by atoms with Crippen LogP contribution < -0.4 is 4.90 Å². The van der Waals surface area contributed by atoms with Crippen LogP contribution in [0.1, 0.15) is 30.5 Å². The first-order valence-electron chi connectivity index (χ1n) is 8.32. The SMILES string of the molecule is CCCN1C[C@H](c2cccc(C(F)(F)F)c2)N(c2ccc(Cl)cc2)C1=O. The summed E-state index contributed by atoms with van der Waals surface area (Å²) in [5, 5.41) is 0.529. The van der Waals surface area contributed by atoms with Crippen LogP contribution in [0.2, 0.25) is 5.02 Å². The number of alkyl halides is 3. The Morgan fingerprint density at radius 1 is 1.15 bits per heavy atom. The van der Waals surface area contributed by atoms with Crippen molar-refractivity contribution < 1.29 is 18.0 Å². The highest BCUT2D eigenvalue weighted by Crippen LogP contribution is 2.37. The lowest BCUT2D eigenvalue weighted by Gasteiger charge is -2.24. The van der Waals surface area contributed by atoms with Crippen molar-refractivity contribution in [2.45, 2.75) is 25.6 Å². The molecule has 0 aliphatic carbocycles. The van der Waals surface area contributed by atoms with E-state index in [0.29, 0.717) is 29.4 Å². The molecular weight excluding hydrogens is 365 g/mol. The van der Waals surface area contributed by atoms with Crippen molar-refractivity contribution in [2.24, 2.45) is 0 Å². The molecular formula is C19H18ClF3N2O. The molecule has 0 radical (unpaired) electrons. The molecule has 3 rings (SSSR count). The van der Waals surface area contributed by atoms with Crippen LogP contribution in [0.4, 0.5) is 23.7 Å². The molecule has 138 valence electrons. The number of carbonyl (C=O) groups is 1. The topological polar surface area (TPSA) is 23.6 Å². The summed E-state index contributed by atoms with van der Waals surface area (Å²) in [6, 6.07) is 11.2. The number of rotatable bonds is 4. The van der Waals surface area contributed by atoms with Gasteiger partial charge in [0.25, 0.3) is 0 Å². The van der Waals surface area contributed by atoms with Crippen molar-refractivity contribution in [3.8, 4) is 0 Å². The summed E-state index contributed by atoms with van der Waals surface area (Å²) in [5.41, 5.74) is 0.356. The van der Waals surface area contributed by atoms with E-state index in [1.165, 1.54) is 6.07 Å². The third-order valence-electron chi connectivity index (χ3n) is 4.38. The second-order valence-corrected chi connectivity index (χ2v) is 6.65. The molecule has 1 aliphatic rings. The van der Waals surface area contributed by atoms with Gasteiger partial charge >= 0.3 is 12.2 Å². The second-order valence-electron chi connectivity index (χ2n) is 6.21. The van der Waals surface area contributed by atoms with E-state index in [4.69, 9.17) is 11.6 Å². The number of nitrogens with zero attached hydrogens (tertiary/aromatic N) is 2. The Hall–Kier alpha value is -2.21. The third kappa shape index (κ3) is 3.65. The lowest BCUT2D eigenvalue weighted by atomic mass is 10.0. The average Bonchev–Trinajstić information content (AvgIpc) is 2.92. The predicted octanol–water partition coefficient (Wildman–Crippen LogP) is 5.75. The molecule has 26 heavy (non-hydrogen) atoms. The van der Waals surface area contributed by atoms with Gasteiger partial charge in [0.1, 0.15) is 0 Å².